The Bertz CT molecular complexity index is 569. The van der Waals surface area contributed by atoms with E-state index < -0.39 is 21.3 Å². The molecule has 2 rings (SSSR count). The van der Waals surface area contributed by atoms with E-state index in [1.807, 2.05) is 0 Å². The molecule has 8 heteroatoms. The maximum atomic E-state index is 11.4. The number of aromatic carboxylic acids is 1. The van der Waals surface area contributed by atoms with Gasteiger partial charge in [0, 0.05) is 0 Å². The molecule has 2 heterocycles. The summed E-state index contributed by atoms with van der Waals surface area (Å²) in [5.41, 5.74) is -0.720. The average molecular weight is 271 g/mol. The van der Waals surface area contributed by atoms with Crippen LogP contribution >= 0.6 is 0 Å². The summed E-state index contributed by atoms with van der Waals surface area (Å²) in [5.74, 6) is -0.581. The lowest BCUT2D eigenvalue weighted by molar-refractivity contribution is 0.0689. The van der Waals surface area contributed by atoms with Gasteiger partial charge in [-0.1, -0.05) is 0 Å². The molecule has 0 saturated carbocycles. The maximum Gasteiger partial charge on any atom is 0.356 e. The number of sulfone groups is 1. The van der Waals surface area contributed by atoms with Crippen molar-refractivity contribution in [2.75, 3.05) is 16.8 Å². The van der Waals surface area contributed by atoms with Crippen molar-refractivity contribution in [2.45, 2.75) is 18.9 Å². The van der Waals surface area contributed by atoms with Crippen LogP contribution in [0.2, 0.25) is 0 Å². The van der Waals surface area contributed by atoms with Crippen LogP contribution < -0.4 is 5.32 Å². The lowest BCUT2D eigenvalue weighted by Crippen LogP contribution is -2.36. The molecule has 2 N–H and O–H groups in total. The monoisotopic (exact) mass is 271 g/mol. The molecule has 0 amide bonds. The zero-order valence-corrected chi connectivity index (χ0v) is 10.6. The van der Waals surface area contributed by atoms with Crippen molar-refractivity contribution in [2.24, 2.45) is 0 Å². The van der Waals surface area contributed by atoms with Gasteiger partial charge in [-0.25, -0.2) is 13.2 Å². The Morgan fingerprint density at radius 1 is 1.44 bits per heavy atom. The fourth-order valence-electron chi connectivity index (χ4n) is 1.93. The first-order chi connectivity index (χ1) is 8.30. The van der Waals surface area contributed by atoms with Crippen molar-refractivity contribution in [1.29, 1.82) is 0 Å². The van der Waals surface area contributed by atoms with Gasteiger partial charge in [0.2, 0.25) is 0 Å². The molecule has 1 atom stereocenters. The van der Waals surface area contributed by atoms with Crippen LogP contribution in [0.25, 0.3) is 0 Å². The van der Waals surface area contributed by atoms with Crippen molar-refractivity contribution < 1.29 is 18.3 Å². The van der Waals surface area contributed by atoms with E-state index in [1.165, 1.54) is 12.1 Å². The molecule has 7 nitrogen and oxygen atoms in total. The Labute approximate surface area is 104 Å². The van der Waals surface area contributed by atoms with Crippen LogP contribution in [-0.4, -0.2) is 46.7 Å². The summed E-state index contributed by atoms with van der Waals surface area (Å²) in [6.07, 6.45) is 0.498. The first-order valence-electron chi connectivity index (χ1n) is 5.35. The molecule has 1 aromatic heterocycles. The number of nitrogens with zero attached hydrogens (tertiary/aromatic N) is 2. The third-order valence-electron chi connectivity index (χ3n) is 2.82. The fourth-order valence-corrected chi connectivity index (χ4v) is 4.02. The molecule has 1 fully saturated rings. The van der Waals surface area contributed by atoms with Gasteiger partial charge in [0.25, 0.3) is 0 Å². The van der Waals surface area contributed by atoms with Gasteiger partial charge in [-0.15, -0.1) is 10.2 Å². The lowest BCUT2D eigenvalue weighted by atomic mass is 10.0. The van der Waals surface area contributed by atoms with Crippen LogP contribution in [0.1, 0.15) is 23.8 Å². The van der Waals surface area contributed by atoms with Crippen molar-refractivity contribution in [3.05, 3.63) is 17.8 Å². The van der Waals surface area contributed by atoms with Gasteiger partial charge in [0.05, 0.1) is 17.0 Å². The largest absolute Gasteiger partial charge is 0.476 e. The van der Waals surface area contributed by atoms with Crippen molar-refractivity contribution in [1.82, 2.24) is 10.2 Å². The van der Waals surface area contributed by atoms with Gasteiger partial charge in [-0.3, -0.25) is 0 Å². The number of hydrogen-bond donors (Lipinski definition) is 2. The van der Waals surface area contributed by atoms with Crippen LogP contribution in [0, 0.1) is 0 Å². The van der Waals surface area contributed by atoms with Gasteiger partial charge in [-0.2, -0.15) is 0 Å². The van der Waals surface area contributed by atoms with Crippen LogP contribution in [-0.2, 0) is 9.84 Å². The number of hydrogen-bond acceptors (Lipinski definition) is 6. The minimum Gasteiger partial charge on any atom is -0.476 e. The summed E-state index contributed by atoms with van der Waals surface area (Å²) in [6.45, 7) is 1.80. The Morgan fingerprint density at radius 2 is 2.17 bits per heavy atom. The highest BCUT2D eigenvalue weighted by Crippen LogP contribution is 2.26. The number of anilines is 1. The average Bonchev–Trinajstić information content (AvgIpc) is 2.53. The second kappa shape index (κ2) is 4.20. The molecule has 1 aliphatic heterocycles. The SMILES string of the molecule is CC1(Nc2ccc(C(=O)O)nn2)CCS(=O)(=O)C1. The first-order valence-corrected chi connectivity index (χ1v) is 7.17. The third-order valence-corrected chi connectivity index (χ3v) is 4.72. The van der Waals surface area contributed by atoms with Crippen molar-refractivity contribution in [3.63, 3.8) is 0 Å². The second-order valence-electron chi connectivity index (χ2n) is 4.64. The van der Waals surface area contributed by atoms with Gasteiger partial charge in [0.1, 0.15) is 5.82 Å². The van der Waals surface area contributed by atoms with Crippen LogP contribution in [0.3, 0.4) is 0 Å². The standard InChI is InChI=1S/C10H13N3O4S/c1-10(4-5-18(16,17)6-10)11-8-3-2-7(9(14)15)12-13-8/h2-3H,4-6H2,1H3,(H,11,13)(H,14,15). The van der Waals surface area contributed by atoms with Crippen LogP contribution in [0.5, 0.6) is 0 Å². The second-order valence-corrected chi connectivity index (χ2v) is 6.82. The summed E-state index contributed by atoms with van der Waals surface area (Å²) >= 11 is 0. The number of carboxylic acids is 1. The maximum absolute atomic E-state index is 11.4. The fraction of sp³-hybridized carbons (Fsp3) is 0.500. The molecule has 18 heavy (non-hydrogen) atoms. The van der Waals surface area contributed by atoms with E-state index >= 15 is 0 Å². The zero-order chi connectivity index (χ0) is 13.4. The molecule has 0 radical (unpaired) electrons. The Morgan fingerprint density at radius 3 is 2.61 bits per heavy atom. The molecule has 1 aliphatic rings. The highest BCUT2D eigenvalue weighted by molar-refractivity contribution is 7.91. The Balaban J connectivity index is 2.13. The van der Waals surface area contributed by atoms with Crippen LogP contribution in [0.4, 0.5) is 5.82 Å². The summed E-state index contributed by atoms with van der Waals surface area (Å²) in [5, 5.41) is 18.9. The molecule has 0 bridgehead atoms. The van der Waals surface area contributed by atoms with E-state index in [4.69, 9.17) is 5.11 Å². The number of carboxylic acid groups (broad SMARTS) is 1. The van der Waals surface area contributed by atoms with E-state index in [0.717, 1.165) is 0 Å². The molecule has 1 unspecified atom stereocenters. The van der Waals surface area contributed by atoms with E-state index in [2.05, 4.69) is 15.5 Å². The number of nitrogens with one attached hydrogen (secondary N) is 1. The van der Waals surface area contributed by atoms with Gasteiger partial charge < -0.3 is 10.4 Å². The molecule has 1 saturated heterocycles. The topological polar surface area (TPSA) is 109 Å². The van der Waals surface area contributed by atoms with E-state index in [-0.39, 0.29) is 17.2 Å². The molecule has 98 valence electrons. The van der Waals surface area contributed by atoms with Gasteiger partial charge in [0.15, 0.2) is 15.5 Å². The van der Waals surface area contributed by atoms with Crippen molar-refractivity contribution >= 4 is 21.6 Å². The predicted molar refractivity (Wildman–Crippen MR) is 64.3 cm³/mol. The number of rotatable bonds is 3. The minimum atomic E-state index is -3.00. The van der Waals surface area contributed by atoms with E-state index in [9.17, 15) is 13.2 Å². The van der Waals surface area contributed by atoms with Gasteiger partial charge in [-0.05, 0) is 25.5 Å². The highest BCUT2D eigenvalue weighted by Gasteiger charge is 2.38. The van der Waals surface area contributed by atoms with Crippen molar-refractivity contribution in [3.8, 4) is 0 Å². The molecular formula is C10H13N3O4S. The first kappa shape index (κ1) is 12.7. The van der Waals surface area contributed by atoms with Crippen LogP contribution in [0.15, 0.2) is 12.1 Å². The third kappa shape index (κ3) is 2.76. The zero-order valence-electron chi connectivity index (χ0n) is 9.75. The predicted octanol–water partition coefficient (Wildman–Crippen LogP) is 0.164. The quantitative estimate of drug-likeness (QED) is 0.806. The highest BCUT2D eigenvalue weighted by atomic mass is 32.2. The Hall–Kier alpha value is -1.70. The molecule has 0 spiro atoms. The summed E-state index contributed by atoms with van der Waals surface area (Å²) in [4.78, 5) is 10.6. The normalized spacial score (nSPS) is 25.8. The van der Waals surface area contributed by atoms with Gasteiger partial charge >= 0.3 is 5.97 Å². The summed E-state index contributed by atoms with van der Waals surface area (Å²) in [7, 11) is -3.00. The molecule has 0 aromatic carbocycles. The molecule has 1 aromatic rings. The molecular weight excluding hydrogens is 258 g/mol. The summed E-state index contributed by atoms with van der Waals surface area (Å²) < 4.78 is 22.9. The molecule has 0 aliphatic carbocycles. The Kier molecular flexibility index (Phi) is 2.97. The minimum absolute atomic E-state index is 0.0440. The van der Waals surface area contributed by atoms with E-state index in [1.54, 1.807) is 6.92 Å². The lowest BCUT2D eigenvalue weighted by Gasteiger charge is -2.24. The smallest absolute Gasteiger partial charge is 0.356 e. The number of aromatic nitrogens is 2. The number of carbonyl (C=O) groups is 1. The van der Waals surface area contributed by atoms with E-state index in [0.29, 0.717) is 12.2 Å². The summed E-state index contributed by atoms with van der Waals surface area (Å²) in [6, 6.07) is 2.80.